The first kappa shape index (κ1) is 22.7. The summed E-state index contributed by atoms with van der Waals surface area (Å²) in [4.78, 5) is 14.9. The second kappa shape index (κ2) is 11.4. The molecule has 1 aliphatic rings. The second-order valence-corrected chi connectivity index (χ2v) is 7.69. The van der Waals surface area contributed by atoms with Crippen LogP contribution >= 0.6 is 0 Å². The van der Waals surface area contributed by atoms with Gasteiger partial charge < -0.3 is 24.4 Å². The summed E-state index contributed by atoms with van der Waals surface area (Å²) in [5.41, 5.74) is 3.23. The Morgan fingerprint density at radius 1 is 1.29 bits per heavy atom. The van der Waals surface area contributed by atoms with E-state index in [1.807, 2.05) is 54.3 Å². The predicted molar refractivity (Wildman–Crippen MR) is 121 cm³/mol. The quantitative estimate of drug-likeness (QED) is 0.572. The van der Waals surface area contributed by atoms with Crippen molar-refractivity contribution in [2.24, 2.45) is 0 Å². The van der Waals surface area contributed by atoms with E-state index in [1.165, 1.54) is 0 Å². The number of carbonyl (C=O) groups is 1. The van der Waals surface area contributed by atoms with Crippen LogP contribution < -0.4 is 14.8 Å². The van der Waals surface area contributed by atoms with Crippen molar-refractivity contribution in [3.8, 4) is 11.5 Å². The summed E-state index contributed by atoms with van der Waals surface area (Å²) in [6.45, 7) is 8.38. The van der Waals surface area contributed by atoms with Crippen molar-refractivity contribution >= 4 is 6.03 Å². The minimum atomic E-state index is -0.107. The number of hydrogen-bond donors (Lipinski definition) is 1. The van der Waals surface area contributed by atoms with Gasteiger partial charge in [0.1, 0.15) is 6.61 Å². The van der Waals surface area contributed by atoms with Crippen LogP contribution in [0.1, 0.15) is 29.5 Å². The first-order chi connectivity index (χ1) is 15.1. The fraction of sp³-hybridized carbons (Fsp3) is 0.400. The van der Waals surface area contributed by atoms with Gasteiger partial charge in [0.2, 0.25) is 0 Å². The Hall–Kier alpha value is -2.99. The highest BCUT2D eigenvalue weighted by molar-refractivity contribution is 5.74. The average molecular weight is 425 g/mol. The van der Waals surface area contributed by atoms with E-state index in [0.29, 0.717) is 37.7 Å². The van der Waals surface area contributed by atoms with Crippen LogP contribution in [0.4, 0.5) is 4.79 Å². The van der Waals surface area contributed by atoms with Crippen molar-refractivity contribution in [3.05, 3.63) is 71.8 Å². The molecule has 1 unspecified atom stereocenters. The summed E-state index contributed by atoms with van der Waals surface area (Å²) in [5, 5.41) is 3.07. The summed E-state index contributed by atoms with van der Waals surface area (Å²) in [7, 11) is 1.61. The van der Waals surface area contributed by atoms with E-state index in [1.54, 1.807) is 13.2 Å². The van der Waals surface area contributed by atoms with Crippen LogP contribution in [0.5, 0.6) is 11.5 Å². The lowest BCUT2D eigenvalue weighted by Crippen LogP contribution is -2.43. The van der Waals surface area contributed by atoms with Gasteiger partial charge in [-0.2, -0.15) is 0 Å². The summed E-state index contributed by atoms with van der Waals surface area (Å²) in [6, 6.07) is 13.7. The fourth-order valence-electron chi connectivity index (χ4n) is 3.64. The van der Waals surface area contributed by atoms with Crippen LogP contribution in [0.25, 0.3) is 0 Å². The fourth-order valence-corrected chi connectivity index (χ4v) is 3.64. The van der Waals surface area contributed by atoms with Gasteiger partial charge >= 0.3 is 6.03 Å². The van der Waals surface area contributed by atoms with E-state index in [-0.39, 0.29) is 12.1 Å². The van der Waals surface area contributed by atoms with Crippen LogP contribution in [0.15, 0.2) is 55.1 Å². The summed E-state index contributed by atoms with van der Waals surface area (Å²) in [5.74, 6) is 1.29. The molecule has 166 valence electrons. The van der Waals surface area contributed by atoms with Gasteiger partial charge in [-0.1, -0.05) is 43.0 Å². The van der Waals surface area contributed by atoms with Crippen molar-refractivity contribution in [1.29, 1.82) is 0 Å². The molecule has 1 fully saturated rings. The monoisotopic (exact) mass is 424 g/mol. The number of methoxy groups -OCH3 is 1. The van der Waals surface area contributed by atoms with Crippen LogP contribution in [0.3, 0.4) is 0 Å². The molecule has 0 saturated carbocycles. The Balaban J connectivity index is 1.71. The molecular formula is C25H32N2O4. The van der Waals surface area contributed by atoms with Gasteiger partial charge in [-0.05, 0) is 48.6 Å². The van der Waals surface area contributed by atoms with Crippen molar-refractivity contribution in [2.75, 3.05) is 26.9 Å². The highest BCUT2D eigenvalue weighted by Gasteiger charge is 2.23. The van der Waals surface area contributed by atoms with Crippen molar-refractivity contribution in [2.45, 2.75) is 39.0 Å². The smallest absolute Gasteiger partial charge is 0.318 e. The molecule has 0 spiro atoms. The lowest BCUT2D eigenvalue weighted by molar-refractivity contribution is 0.0794. The zero-order valence-corrected chi connectivity index (χ0v) is 18.4. The van der Waals surface area contributed by atoms with E-state index >= 15 is 0 Å². The predicted octanol–water partition coefficient (Wildman–Crippen LogP) is 4.46. The molecule has 6 heteroatoms. The SMILES string of the molecule is C=CCOc1ccc(CN(CC2CCCO2)C(=O)NCc2ccccc2C)cc1OC. The molecule has 31 heavy (non-hydrogen) atoms. The van der Waals surface area contributed by atoms with Crippen LogP contribution in [0, 0.1) is 6.92 Å². The number of nitrogens with zero attached hydrogens (tertiary/aromatic N) is 1. The van der Waals surface area contributed by atoms with Crippen molar-refractivity contribution in [3.63, 3.8) is 0 Å². The maximum atomic E-state index is 13.1. The third-order valence-electron chi connectivity index (χ3n) is 5.38. The number of amides is 2. The second-order valence-electron chi connectivity index (χ2n) is 7.69. The molecule has 2 amide bonds. The molecule has 1 aliphatic heterocycles. The first-order valence-corrected chi connectivity index (χ1v) is 10.7. The lowest BCUT2D eigenvalue weighted by Gasteiger charge is -2.26. The Morgan fingerprint density at radius 2 is 2.13 bits per heavy atom. The summed E-state index contributed by atoms with van der Waals surface area (Å²) < 4.78 is 16.9. The highest BCUT2D eigenvalue weighted by atomic mass is 16.5. The van der Waals surface area contributed by atoms with Gasteiger partial charge in [0.05, 0.1) is 13.2 Å². The van der Waals surface area contributed by atoms with E-state index < -0.39 is 0 Å². The third kappa shape index (κ3) is 6.49. The molecule has 0 aliphatic carbocycles. The van der Waals surface area contributed by atoms with Crippen LogP contribution in [-0.2, 0) is 17.8 Å². The lowest BCUT2D eigenvalue weighted by atomic mass is 10.1. The van der Waals surface area contributed by atoms with E-state index in [9.17, 15) is 4.79 Å². The van der Waals surface area contributed by atoms with Crippen LogP contribution in [0.2, 0.25) is 0 Å². The topological polar surface area (TPSA) is 60.0 Å². The first-order valence-electron chi connectivity index (χ1n) is 10.7. The molecular weight excluding hydrogens is 392 g/mol. The van der Waals surface area contributed by atoms with E-state index in [0.717, 1.165) is 36.1 Å². The van der Waals surface area contributed by atoms with Gasteiger partial charge in [-0.3, -0.25) is 0 Å². The number of ether oxygens (including phenoxy) is 3. The number of hydrogen-bond acceptors (Lipinski definition) is 4. The molecule has 1 saturated heterocycles. The van der Waals surface area contributed by atoms with Crippen molar-refractivity contribution in [1.82, 2.24) is 10.2 Å². The Morgan fingerprint density at radius 3 is 2.84 bits per heavy atom. The van der Waals surface area contributed by atoms with E-state index in [4.69, 9.17) is 14.2 Å². The number of carbonyl (C=O) groups excluding carboxylic acids is 1. The minimum absolute atomic E-state index is 0.0707. The minimum Gasteiger partial charge on any atom is -0.493 e. The summed E-state index contributed by atoms with van der Waals surface area (Å²) >= 11 is 0. The summed E-state index contributed by atoms with van der Waals surface area (Å²) in [6.07, 6.45) is 3.77. The largest absolute Gasteiger partial charge is 0.493 e. The number of nitrogens with one attached hydrogen (secondary N) is 1. The molecule has 1 N–H and O–H groups in total. The number of urea groups is 1. The standard InChI is InChI=1S/C25H32N2O4/c1-4-13-31-23-12-11-20(15-24(23)29-3)17-27(18-22-10-7-14-30-22)25(28)26-16-21-9-6-5-8-19(21)2/h4-6,8-9,11-12,15,22H,1,7,10,13-14,16-18H2,2-3H3,(H,26,28). The van der Waals surface area contributed by atoms with Gasteiger partial charge in [-0.15, -0.1) is 0 Å². The molecule has 2 aromatic rings. The van der Waals surface area contributed by atoms with Crippen LogP contribution in [-0.4, -0.2) is 43.9 Å². The zero-order valence-electron chi connectivity index (χ0n) is 18.4. The average Bonchev–Trinajstić information content (AvgIpc) is 3.30. The maximum Gasteiger partial charge on any atom is 0.318 e. The molecule has 2 aromatic carbocycles. The molecule has 0 bridgehead atoms. The molecule has 6 nitrogen and oxygen atoms in total. The Bertz CT molecular complexity index is 878. The van der Waals surface area contributed by atoms with Gasteiger partial charge in [0, 0.05) is 26.2 Å². The normalized spacial score (nSPS) is 15.4. The van der Waals surface area contributed by atoms with Gasteiger partial charge in [0.15, 0.2) is 11.5 Å². The van der Waals surface area contributed by atoms with Gasteiger partial charge in [0.25, 0.3) is 0 Å². The van der Waals surface area contributed by atoms with Gasteiger partial charge in [-0.25, -0.2) is 4.79 Å². The Labute approximate surface area is 184 Å². The molecule has 3 rings (SSSR count). The number of benzene rings is 2. The number of rotatable bonds is 10. The number of aryl methyl sites for hydroxylation is 1. The molecule has 1 heterocycles. The molecule has 0 aromatic heterocycles. The zero-order chi connectivity index (χ0) is 22.1. The molecule has 0 radical (unpaired) electrons. The van der Waals surface area contributed by atoms with E-state index in [2.05, 4.69) is 11.9 Å². The molecule has 1 atom stereocenters. The van der Waals surface area contributed by atoms with Crippen molar-refractivity contribution < 1.29 is 19.0 Å². The maximum absolute atomic E-state index is 13.1. The highest BCUT2D eigenvalue weighted by Crippen LogP contribution is 2.29. The third-order valence-corrected chi connectivity index (χ3v) is 5.38. The Kier molecular flexibility index (Phi) is 8.35.